The van der Waals surface area contributed by atoms with Gasteiger partial charge < -0.3 is 14.7 Å². The number of carbonyl (C=O) groups is 1. The van der Waals surface area contributed by atoms with Gasteiger partial charge in [-0.2, -0.15) is 4.98 Å². The Morgan fingerprint density at radius 2 is 2.22 bits per heavy atom. The summed E-state index contributed by atoms with van der Waals surface area (Å²) in [5, 5.41) is 6.97. The second-order valence-corrected chi connectivity index (χ2v) is 6.16. The monoisotopic (exact) mass is 315 g/mol. The zero-order chi connectivity index (χ0) is 16.2. The fourth-order valence-corrected chi connectivity index (χ4v) is 2.73. The van der Waals surface area contributed by atoms with Crippen molar-refractivity contribution in [2.45, 2.75) is 32.7 Å². The summed E-state index contributed by atoms with van der Waals surface area (Å²) in [5.74, 6) is 1.57. The maximum Gasteiger partial charge on any atom is 0.317 e. The van der Waals surface area contributed by atoms with Gasteiger partial charge in [-0.15, -0.1) is 0 Å². The summed E-state index contributed by atoms with van der Waals surface area (Å²) in [4.78, 5) is 22.3. The molecular weight excluding hydrogens is 294 g/mol. The van der Waals surface area contributed by atoms with Gasteiger partial charge in [0.25, 0.3) is 5.89 Å². The average Bonchev–Trinajstić information content (AvgIpc) is 3.17. The SMILES string of the molecule is CC(C)NC(=O)N1CCC(Cc2noc(-c3ccncc3)n2)C1. The van der Waals surface area contributed by atoms with Crippen molar-refractivity contribution >= 4 is 6.03 Å². The van der Waals surface area contributed by atoms with Gasteiger partial charge in [0.15, 0.2) is 5.82 Å². The molecule has 3 rings (SSSR count). The molecule has 0 aromatic carbocycles. The van der Waals surface area contributed by atoms with Crippen molar-refractivity contribution in [3.05, 3.63) is 30.4 Å². The van der Waals surface area contributed by atoms with E-state index < -0.39 is 0 Å². The molecule has 1 fully saturated rings. The normalized spacial score (nSPS) is 17.7. The molecule has 1 N–H and O–H groups in total. The van der Waals surface area contributed by atoms with Crippen LogP contribution in [-0.4, -0.2) is 45.2 Å². The molecule has 2 amide bonds. The Bertz CT molecular complexity index is 656. The van der Waals surface area contributed by atoms with E-state index in [0.29, 0.717) is 17.6 Å². The fraction of sp³-hybridized carbons (Fsp3) is 0.500. The Kier molecular flexibility index (Phi) is 4.55. The summed E-state index contributed by atoms with van der Waals surface area (Å²) in [7, 11) is 0. The molecule has 0 radical (unpaired) electrons. The second kappa shape index (κ2) is 6.76. The number of aromatic nitrogens is 3. The van der Waals surface area contributed by atoms with Crippen LogP contribution in [0.3, 0.4) is 0 Å². The molecule has 1 saturated heterocycles. The third-order valence-corrected chi connectivity index (χ3v) is 3.85. The zero-order valence-electron chi connectivity index (χ0n) is 13.4. The van der Waals surface area contributed by atoms with Crippen molar-refractivity contribution in [3.63, 3.8) is 0 Å². The standard InChI is InChI=1S/C16H21N5O2/c1-11(2)18-16(22)21-8-5-12(10-21)9-14-19-15(23-20-14)13-3-6-17-7-4-13/h3-4,6-7,11-12H,5,8-10H2,1-2H3,(H,18,22). The van der Waals surface area contributed by atoms with Crippen LogP contribution in [0.5, 0.6) is 0 Å². The Morgan fingerprint density at radius 1 is 1.43 bits per heavy atom. The van der Waals surface area contributed by atoms with Crippen LogP contribution in [0.2, 0.25) is 0 Å². The fourth-order valence-electron chi connectivity index (χ4n) is 2.73. The highest BCUT2D eigenvalue weighted by molar-refractivity contribution is 5.74. The Hall–Kier alpha value is -2.44. The van der Waals surface area contributed by atoms with Gasteiger partial charge in [-0.25, -0.2) is 4.79 Å². The molecule has 23 heavy (non-hydrogen) atoms. The lowest BCUT2D eigenvalue weighted by atomic mass is 10.1. The van der Waals surface area contributed by atoms with Gasteiger partial charge >= 0.3 is 6.03 Å². The minimum Gasteiger partial charge on any atom is -0.336 e. The van der Waals surface area contributed by atoms with E-state index in [4.69, 9.17) is 4.52 Å². The number of pyridine rings is 1. The van der Waals surface area contributed by atoms with Gasteiger partial charge in [-0.1, -0.05) is 5.16 Å². The molecule has 7 nitrogen and oxygen atoms in total. The molecule has 3 heterocycles. The largest absolute Gasteiger partial charge is 0.336 e. The van der Waals surface area contributed by atoms with Crippen LogP contribution in [0.25, 0.3) is 11.5 Å². The topological polar surface area (TPSA) is 84.2 Å². The van der Waals surface area contributed by atoms with Crippen molar-refractivity contribution in [2.24, 2.45) is 5.92 Å². The predicted octanol–water partition coefficient (Wildman–Crippen LogP) is 2.11. The van der Waals surface area contributed by atoms with Crippen LogP contribution in [0, 0.1) is 5.92 Å². The van der Waals surface area contributed by atoms with Gasteiger partial charge in [-0.3, -0.25) is 4.98 Å². The molecule has 7 heteroatoms. The molecule has 1 atom stereocenters. The molecule has 0 bridgehead atoms. The molecule has 122 valence electrons. The van der Waals surface area contributed by atoms with Crippen LogP contribution < -0.4 is 5.32 Å². The Balaban J connectivity index is 1.57. The van der Waals surface area contributed by atoms with Gasteiger partial charge in [0.05, 0.1) is 0 Å². The number of amides is 2. The second-order valence-electron chi connectivity index (χ2n) is 6.16. The third-order valence-electron chi connectivity index (χ3n) is 3.85. The van der Waals surface area contributed by atoms with Crippen LogP contribution in [0.4, 0.5) is 4.79 Å². The van der Waals surface area contributed by atoms with E-state index in [0.717, 1.165) is 31.5 Å². The summed E-state index contributed by atoms with van der Waals surface area (Å²) in [6.45, 7) is 5.44. The zero-order valence-corrected chi connectivity index (χ0v) is 13.4. The van der Waals surface area contributed by atoms with E-state index in [1.165, 1.54) is 0 Å². The summed E-state index contributed by atoms with van der Waals surface area (Å²) in [6, 6.07) is 3.84. The number of nitrogens with one attached hydrogen (secondary N) is 1. The van der Waals surface area contributed by atoms with E-state index in [1.54, 1.807) is 12.4 Å². The van der Waals surface area contributed by atoms with Crippen LogP contribution >= 0.6 is 0 Å². The first-order chi connectivity index (χ1) is 11.1. The summed E-state index contributed by atoms with van der Waals surface area (Å²) in [6.07, 6.45) is 5.08. The lowest BCUT2D eigenvalue weighted by Gasteiger charge is -2.18. The smallest absolute Gasteiger partial charge is 0.317 e. The van der Waals surface area contributed by atoms with Gasteiger partial charge in [-0.05, 0) is 38.3 Å². The number of nitrogens with zero attached hydrogens (tertiary/aromatic N) is 4. The minimum atomic E-state index is 0.00749. The maximum atomic E-state index is 12.0. The van der Waals surface area contributed by atoms with Gasteiger partial charge in [0.1, 0.15) is 0 Å². The third kappa shape index (κ3) is 3.85. The average molecular weight is 315 g/mol. The quantitative estimate of drug-likeness (QED) is 0.934. The molecule has 1 aliphatic rings. The van der Waals surface area contributed by atoms with Crippen LogP contribution in [0.1, 0.15) is 26.1 Å². The van der Waals surface area contributed by atoms with E-state index in [2.05, 4.69) is 20.4 Å². The Morgan fingerprint density at radius 3 is 2.96 bits per heavy atom. The maximum absolute atomic E-state index is 12.0. The minimum absolute atomic E-state index is 0.00749. The highest BCUT2D eigenvalue weighted by Gasteiger charge is 2.27. The molecule has 1 aliphatic heterocycles. The number of carbonyl (C=O) groups excluding carboxylic acids is 1. The number of rotatable bonds is 4. The van der Waals surface area contributed by atoms with E-state index in [9.17, 15) is 4.79 Å². The van der Waals surface area contributed by atoms with Crippen molar-refractivity contribution in [1.29, 1.82) is 0 Å². The molecular formula is C16H21N5O2. The van der Waals surface area contributed by atoms with Gasteiger partial charge in [0, 0.05) is 43.5 Å². The van der Waals surface area contributed by atoms with Crippen LogP contribution in [-0.2, 0) is 6.42 Å². The van der Waals surface area contributed by atoms with Crippen LogP contribution in [0.15, 0.2) is 29.0 Å². The number of urea groups is 1. The van der Waals surface area contributed by atoms with Crippen molar-refractivity contribution < 1.29 is 9.32 Å². The van der Waals surface area contributed by atoms with Crippen molar-refractivity contribution in [1.82, 2.24) is 25.3 Å². The molecule has 0 saturated carbocycles. The molecule has 2 aromatic heterocycles. The Labute approximate surface area is 135 Å². The van der Waals surface area contributed by atoms with E-state index in [-0.39, 0.29) is 12.1 Å². The van der Waals surface area contributed by atoms with Crippen molar-refractivity contribution in [3.8, 4) is 11.5 Å². The number of likely N-dealkylation sites (tertiary alicyclic amines) is 1. The first-order valence-corrected chi connectivity index (χ1v) is 7.90. The van der Waals surface area contributed by atoms with Gasteiger partial charge in [0.2, 0.25) is 0 Å². The first-order valence-electron chi connectivity index (χ1n) is 7.90. The first kappa shape index (κ1) is 15.5. The number of hydrogen-bond acceptors (Lipinski definition) is 5. The lowest BCUT2D eigenvalue weighted by molar-refractivity contribution is 0.204. The summed E-state index contributed by atoms with van der Waals surface area (Å²) < 4.78 is 5.31. The summed E-state index contributed by atoms with van der Waals surface area (Å²) >= 11 is 0. The summed E-state index contributed by atoms with van der Waals surface area (Å²) in [5.41, 5.74) is 0.864. The number of hydrogen-bond donors (Lipinski definition) is 1. The molecule has 0 spiro atoms. The molecule has 1 unspecified atom stereocenters. The van der Waals surface area contributed by atoms with Crippen molar-refractivity contribution in [2.75, 3.05) is 13.1 Å². The van der Waals surface area contributed by atoms with E-state index in [1.807, 2.05) is 30.9 Å². The van der Waals surface area contributed by atoms with E-state index >= 15 is 0 Å². The molecule has 0 aliphatic carbocycles. The highest BCUT2D eigenvalue weighted by Crippen LogP contribution is 2.22. The predicted molar refractivity (Wildman–Crippen MR) is 84.6 cm³/mol. The lowest BCUT2D eigenvalue weighted by Crippen LogP contribution is -2.41. The highest BCUT2D eigenvalue weighted by atomic mass is 16.5. The molecule has 2 aromatic rings.